The van der Waals surface area contributed by atoms with E-state index in [4.69, 9.17) is 4.74 Å². The Morgan fingerprint density at radius 3 is 2.50 bits per heavy atom. The van der Waals surface area contributed by atoms with Gasteiger partial charge in [-0.15, -0.1) is 11.3 Å². The maximum atomic E-state index is 13.3. The van der Waals surface area contributed by atoms with E-state index in [9.17, 15) is 22.8 Å². The van der Waals surface area contributed by atoms with Crippen LogP contribution >= 0.6 is 11.3 Å². The van der Waals surface area contributed by atoms with Crippen LogP contribution in [0.15, 0.2) is 64.3 Å². The quantitative estimate of drug-likeness (QED) is 0.595. The summed E-state index contributed by atoms with van der Waals surface area (Å²) in [4.78, 5) is 27.3. The molecule has 2 atom stereocenters. The van der Waals surface area contributed by atoms with Crippen LogP contribution in [0, 0.1) is 0 Å². The van der Waals surface area contributed by atoms with Gasteiger partial charge in [0.05, 0.1) is 17.7 Å². The van der Waals surface area contributed by atoms with E-state index in [0.717, 1.165) is 22.7 Å². The predicted molar refractivity (Wildman–Crippen MR) is 115 cm³/mol. The number of carbonyl (C=O) groups is 2. The molecule has 2 aliphatic rings. The van der Waals surface area contributed by atoms with Crippen molar-refractivity contribution in [3.8, 4) is 0 Å². The van der Waals surface area contributed by atoms with E-state index in [2.05, 4.69) is 5.32 Å². The second kappa shape index (κ2) is 8.58. The number of ether oxygens (including phenoxy) is 1. The topological polar surface area (TPSA) is 55.4 Å². The third-order valence-electron chi connectivity index (χ3n) is 5.84. The molecule has 1 aliphatic carbocycles. The van der Waals surface area contributed by atoms with Crippen LogP contribution in [0.3, 0.4) is 0 Å². The van der Waals surface area contributed by atoms with Crippen LogP contribution < -0.4 is 5.32 Å². The normalized spacial score (nSPS) is 21.3. The lowest BCUT2D eigenvalue weighted by Gasteiger charge is -2.36. The molecule has 2 aromatic rings. The first-order valence-electron chi connectivity index (χ1n) is 10.3. The van der Waals surface area contributed by atoms with Crippen LogP contribution in [0.5, 0.6) is 0 Å². The van der Waals surface area contributed by atoms with Gasteiger partial charge in [0.15, 0.2) is 5.78 Å². The number of hydrogen-bond acceptors (Lipinski definition) is 5. The van der Waals surface area contributed by atoms with Gasteiger partial charge in [-0.2, -0.15) is 13.2 Å². The molecule has 2 heterocycles. The summed E-state index contributed by atoms with van der Waals surface area (Å²) in [6.07, 6.45) is -3.60. The number of hydrogen-bond donors (Lipinski definition) is 1. The summed E-state index contributed by atoms with van der Waals surface area (Å²) >= 11 is 1.59. The summed E-state index contributed by atoms with van der Waals surface area (Å²) in [7, 11) is 0. The number of dihydropyridines is 1. The second-order valence-electron chi connectivity index (χ2n) is 7.87. The number of carbonyl (C=O) groups excluding carboxylic acids is 2. The Bertz CT molecular complexity index is 1100. The van der Waals surface area contributed by atoms with Crippen molar-refractivity contribution in [2.24, 2.45) is 0 Å². The van der Waals surface area contributed by atoms with Gasteiger partial charge in [-0.3, -0.25) is 4.79 Å². The van der Waals surface area contributed by atoms with Crippen LogP contribution in [0.25, 0.3) is 0 Å². The third-order valence-corrected chi connectivity index (χ3v) is 6.87. The predicted octanol–water partition coefficient (Wildman–Crippen LogP) is 5.69. The number of alkyl halides is 3. The first kappa shape index (κ1) is 22.3. The molecule has 1 aromatic carbocycles. The average molecular weight is 462 g/mol. The van der Waals surface area contributed by atoms with Gasteiger partial charge >= 0.3 is 12.1 Å². The van der Waals surface area contributed by atoms with E-state index >= 15 is 0 Å². The summed E-state index contributed by atoms with van der Waals surface area (Å²) in [5.41, 5.74) is 1.63. The molecule has 0 saturated carbocycles. The Hall–Kier alpha value is -2.87. The van der Waals surface area contributed by atoms with Crippen molar-refractivity contribution >= 4 is 23.1 Å². The van der Waals surface area contributed by atoms with Crippen LogP contribution in [-0.4, -0.2) is 18.4 Å². The molecular formula is C24H22F3NO3S. The highest BCUT2D eigenvalue weighted by atomic mass is 32.1. The summed E-state index contributed by atoms with van der Waals surface area (Å²) in [5.74, 6) is -1.44. The molecule has 168 valence electrons. The van der Waals surface area contributed by atoms with Gasteiger partial charge in [0.1, 0.15) is 0 Å². The lowest BCUT2D eigenvalue weighted by Crippen LogP contribution is -2.36. The number of allylic oxidation sites excluding steroid dienone is 3. The molecule has 0 spiro atoms. The fourth-order valence-corrected chi connectivity index (χ4v) is 5.27. The lowest BCUT2D eigenvalue weighted by atomic mass is 9.72. The van der Waals surface area contributed by atoms with E-state index in [-0.39, 0.29) is 30.3 Å². The van der Waals surface area contributed by atoms with E-state index in [0.29, 0.717) is 23.3 Å². The van der Waals surface area contributed by atoms with Gasteiger partial charge in [0.25, 0.3) is 0 Å². The van der Waals surface area contributed by atoms with Gasteiger partial charge in [0.2, 0.25) is 0 Å². The molecule has 4 nitrogen and oxygen atoms in total. The molecule has 1 aromatic heterocycles. The summed E-state index contributed by atoms with van der Waals surface area (Å²) in [6, 6.07) is 8.59. The smallest absolute Gasteiger partial charge is 0.416 e. The standard InChI is InChI=1S/C24H22F3NO3S/c1-3-31-23(30)20-13(2)28-17-11-15(19-5-4-10-32-19)12-18(29)22(17)21(20)14-6-8-16(9-7-14)24(25,26)27/h4-10,15,21,28H,3,11-12H2,1-2H3/t15-,21-/m1/s1. The number of halogens is 3. The fourth-order valence-electron chi connectivity index (χ4n) is 4.44. The number of Topliss-reactive ketones (excluding diaryl/α,β-unsaturated/α-hetero) is 1. The largest absolute Gasteiger partial charge is 0.463 e. The van der Waals surface area contributed by atoms with Gasteiger partial charge < -0.3 is 10.1 Å². The minimum absolute atomic E-state index is 0.0268. The molecule has 8 heteroatoms. The number of rotatable bonds is 4. The highest BCUT2D eigenvalue weighted by Crippen LogP contribution is 2.46. The number of benzene rings is 1. The molecule has 0 amide bonds. The van der Waals surface area contributed by atoms with Crippen LogP contribution in [0.1, 0.15) is 54.5 Å². The van der Waals surface area contributed by atoms with Gasteiger partial charge in [-0.1, -0.05) is 18.2 Å². The van der Waals surface area contributed by atoms with E-state index in [1.165, 1.54) is 12.1 Å². The van der Waals surface area contributed by atoms with E-state index < -0.39 is 23.6 Å². The van der Waals surface area contributed by atoms with Crippen LogP contribution in [-0.2, 0) is 20.5 Å². The first-order valence-corrected chi connectivity index (χ1v) is 11.2. The molecular weight excluding hydrogens is 439 g/mol. The van der Waals surface area contributed by atoms with Crippen LogP contribution in [0.2, 0.25) is 0 Å². The van der Waals surface area contributed by atoms with Crippen molar-refractivity contribution in [3.05, 3.63) is 80.3 Å². The Labute approximate surface area is 187 Å². The molecule has 1 N–H and O–H groups in total. The van der Waals surface area contributed by atoms with Crippen molar-refractivity contribution in [2.75, 3.05) is 6.61 Å². The van der Waals surface area contributed by atoms with Gasteiger partial charge in [-0.05, 0) is 49.4 Å². The molecule has 0 saturated heterocycles. The minimum atomic E-state index is -4.47. The fraction of sp³-hybridized carbons (Fsp3) is 0.333. The SMILES string of the molecule is CCOC(=O)C1=C(C)NC2=C(C(=O)C[C@H](c3cccs3)C2)[C@@H]1c1ccc(C(F)(F)F)cc1. The third kappa shape index (κ3) is 4.11. The number of esters is 1. The van der Waals surface area contributed by atoms with Crippen molar-refractivity contribution < 1.29 is 27.5 Å². The molecule has 0 unspecified atom stereocenters. The van der Waals surface area contributed by atoms with Crippen molar-refractivity contribution in [1.82, 2.24) is 5.32 Å². The van der Waals surface area contributed by atoms with Crippen molar-refractivity contribution in [1.29, 1.82) is 0 Å². The number of nitrogens with one attached hydrogen (secondary N) is 1. The highest BCUT2D eigenvalue weighted by molar-refractivity contribution is 7.10. The maximum absolute atomic E-state index is 13.3. The average Bonchev–Trinajstić information content (AvgIpc) is 3.27. The first-order chi connectivity index (χ1) is 15.2. The Balaban J connectivity index is 1.80. The summed E-state index contributed by atoms with van der Waals surface area (Å²) in [5, 5.41) is 5.19. The van der Waals surface area contributed by atoms with Crippen molar-refractivity contribution in [3.63, 3.8) is 0 Å². The molecule has 0 radical (unpaired) electrons. The van der Waals surface area contributed by atoms with Gasteiger partial charge in [0, 0.05) is 40.1 Å². The lowest BCUT2D eigenvalue weighted by molar-refractivity contribution is -0.139. The monoisotopic (exact) mass is 461 g/mol. The molecule has 0 fully saturated rings. The Kier molecular flexibility index (Phi) is 5.99. The maximum Gasteiger partial charge on any atom is 0.416 e. The molecule has 0 bridgehead atoms. The number of ketones is 1. The molecule has 32 heavy (non-hydrogen) atoms. The molecule has 4 rings (SSSR count). The van der Waals surface area contributed by atoms with Gasteiger partial charge in [-0.25, -0.2) is 4.79 Å². The zero-order valence-corrected chi connectivity index (χ0v) is 18.4. The second-order valence-corrected chi connectivity index (χ2v) is 8.85. The minimum Gasteiger partial charge on any atom is -0.463 e. The highest BCUT2D eigenvalue weighted by Gasteiger charge is 2.42. The molecule has 1 aliphatic heterocycles. The zero-order valence-electron chi connectivity index (χ0n) is 17.6. The number of thiophene rings is 1. The van der Waals surface area contributed by atoms with Crippen molar-refractivity contribution in [2.45, 2.75) is 44.7 Å². The Morgan fingerprint density at radius 1 is 1.19 bits per heavy atom. The summed E-state index contributed by atoms with van der Waals surface area (Å²) < 4.78 is 44.5. The van der Waals surface area contributed by atoms with E-state index in [1.807, 2.05) is 17.5 Å². The Morgan fingerprint density at radius 2 is 1.91 bits per heavy atom. The van der Waals surface area contributed by atoms with E-state index in [1.54, 1.807) is 25.2 Å². The summed E-state index contributed by atoms with van der Waals surface area (Å²) in [6.45, 7) is 3.56. The van der Waals surface area contributed by atoms with Crippen LogP contribution in [0.4, 0.5) is 13.2 Å². The zero-order chi connectivity index (χ0) is 23.0.